The molecule has 2 aromatic rings. The second kappa shape index (κ2) is 5.32. The van der Waals surface area contributed by atoms with Gasteiger partial charge in [-0.3, -0.25) is 9.69 Å². The van der Waals surface area contributed by atoms with Gasteiger partial charge in [0.05, 0.1) is 6.54 Å². The van der Waals surface area contributed by atoms with Gasteiger partial charge in [-0.15, -0.1) is 11.3 Å². The molecule has 0 spiro atoms. The summed E-state index contributed by atoms with van der Waals surface area (Å²) in [5.41, 5.74) is 2.13. The third-order valence-electron chi connectivity index (χ3n) is 3.59. The summed E-state index contributed by atoms with van der Waals surface area (Å²) in [6, 6.07) is 4.07. The van der Waals surface area contributed by atoms with E-state index in [0.717, 1.165) is 35.7 Å². The molecule has 0 radical (unpaired) electrons. The van der Waals surface area contributed by atoms with Gasteiger partial charge < -0.3 is 0 Å². The Hall–Kier alpha value is -1.75. The molecule has 0 fully saturated rings. The van der Waals surface area contributed by atoms with Crippen molar-refractivity contribution >= 4 is 23.1 Å². The Balaban J connectivity index is 2.03. The largest absolute Gasteiger partial charge is 0.291 e. The minimum atomic E-state index is 0.158. The molecule has 0 aliphatic carbocycles. The summed E-state index contributed by atoms with van der Waals surface area (Å²) in [6.45, 7) is 4.66. The van der Waals surface area contributed by atoms with Crippen molar-refractivity contribution in [2.75, 3.05) is 4.90 Å². The summed E-state index contributed by atoms with van der Waals surface area (Å²) in [7, 11) is 0. The van der Waals surface area contributed by atoms with Gasteiger partial charge in [-0.25, -0.2) is 9.97 Å². The van der Waals surface area contributed by atoms with Gasteiger partial charge in [0.2, 0.25) is 5.91 Å². The molecule has 1 aliphatic rings. The van der Waals surface area contributed by atoms with Crippen LogP contribution in [0.25, 0.3) is 0 Å². The van der Waals surface area contributed by atoms with Crippen molar-refractivity contribution in [3.8, 4) is 0 Å². The Labute approximate surface area is 122 Å². The molecule has 20 heavy (non-hydrogen) atoms. The van der Waals surface area contributed by atoms with Crippen LogP contribution in [0.2, 0.25) is 0 Å². The zero-order valence-electron chi connectivity index (χ0n) is 11.7. The van der Waals surface area contributed by atoms with Crippen LogP contribution in [0.4, 0.5) is 5.82 Å². The number of thiophene rings is 1. The van der Waals surface area contributed by atoms with Gasteiger partial charge in [-0.2, -0.15) is 0 Å². The Morgan fingerprint density at radius 1 is 1.35 bits per heavy atom. The van der Waals surface area contributed by atoms with Crippen molar-refractivity contribution in [2.24, 2.45) is 0 Å². The predicted molar refractivity (Wildman–Crippen MR) is 80.0 cm³/mol. The number of fused-ring (bicyclic) bond motifs is 1. The molecular formula is C15H17N3OS. The Morgan fingerprint density at radius 3 is 2.90 bits per heavy atom. The molecule has 5 heteroatoms. The lowest BCUT2D eigenvalue weighted by Gasteiger charge is -2.29. The lowest BCUT2D eigenvalue weighted by molar-refractivity contribution is -0.119. The minimum Gasteiger partial charge on any atom is -0.291 e. The van der Waals surface area contributed by atoms with Gasteiger partial charge in [0.25, 0.3) is 0 Å². The summed E-state index contributed by atoms with van der Waals surface area (Å²) < 4.78 is 0. The Kier molecular flexibility index (Phi) is 3.53. The first-order chi connectivity index (χ1) is 9.69. The molecule has 2 aromatic heterocycles. The van der Waals surface area contributed by atoms with E-state index in [1.165, 1.54) is 4.88 Å². The van der Waals surface area contributed by atoms with Crippen molar-refractivity contribution < 1.29 is 4.79 Å². The van der Waals surface area contributed by atoms with Crippen molar-refractivity contribution in [2.45, 2.75) is 39.7 Å². The van der Waals surface area contributed by atoms with Gasteiger partial charge >= 0.3 is 0 Å². The maximum Gasteiger partial charge on any atom is 0.228 e. The second-order valence-corrected chi connectivity index (χ2v) is 5.97. The van der Waals surface area contributed by atoms with E-state index < -0.39 is 0 Å². The molecule has 0 bridgehead atoms. The van der Waals surface area contributed by atoms with E-state index in [4.69, 9.17) is 0 Å². The van der Waals surface area contributed by atoms with E-state index in [0.29, 0.717) is 13.0 Å². The molecule has 0 unspecified atom stereocenters. The average Bonchev–Trinajstić information content (AvgIpc) is 2.94. The van der Waals surface area contributed by atoms with Gasteiger partial charge in [0.1, 0.15) is 11.6 Å². The number of hydrogen-bond acceptors (Lipinski definition) is 4. The standard InChI is InChI=1S/C15H17N3OS/c1-3-13-16-10(2)12-6-7-14(19)18(15(12)17-13)9-11-5-4-8-20-11/h4-5,8H,3,6-7,9H2,1-2H3. The summed E-state index contributed by atoms with van der Waals surface area (Å²) in [6.07, 6.45) is 2.09. The van der Waals surface area contributed by atoms with E-state index in [1.807, 2.05) is 30.2 Å². The molecule has 0 saturated heterocycles. The molecule has 0 N–H and O–H groups in total. The van der Waals surface area contributed by atoms with Crippen LogP contribution in [0.1, 0.15) is 35.3 Å². The fraction of sp³-hybridized carbons (Fsp3) is 0.400. The van der Waals surface area contributed by atoms with Gasteiger partial charge in [0.15, 0.2) is 0 Å². The number of nitrogens with zero attached hydrogens (tertiary/aromatic N) is 3. The molecular weight excluding hydrogens is 270 g/mol. The normalized spacial score (nSPS) is 14.5. The molecule has 1 aliphatic heterocycles. The first kappa shape index (κ1) is 13.2. The highest BCUT2D eigenvalue weighted by molar-refractivity contribution is 7.09. The number of carbonyl (C=O) groups excluding carboxylic acids is 1. The van der Waals surface area contributed by atoms with Crippen LogP contribution >= 0.6 is 11.3 Å². The molecule has 0 aromatic carbocycles. The summed E-state index contributed by atoms with van der Waals surface area (Å²) in [5.74, 6) is 1.79. The third-order valence-corrected chi connectivity index (χ3v) is 4.46. The average molecular weight is 287 g/mol. The maximum atomic E-state index is 12.3. The zero-order chi connectivity index (χ0) is 14.1. The number of rotatable bonds is 3. The molecule has 1 amide bonds. The predicted octanol–water partition coefficient (Wildman–Crippen LogP) is 2.89. The van der Waals surface area contributed by atoms with Crippen LogP contribution in [-0.2, 0) is 24.2 Å². The van der Waals surface area contributed by atoms with Crippen LogP contribution in [0.5, 0.6) is 0 Å². The third kappa shape index (κ3) is 2.33. The summed E-state index contributed by atoms with van der Waals surface area (Å²) in [5, 5.41) is 2.04. The zero-order valence-corrected chi connectivity index (χ0v) is 12.5. The minimum absolute atomic E-state index is 0.158. The van der Waals surface area contributed by atoms with Crippen LogP contribution in [0.15, 0.2) is 17.5 Å². The number of carbonyl (C=O) groups is 1. The van der Waals surface area contributed by atoms with E-state index >= 15 is 0 Å². The summed E-state index contributed by atoms with van der Waals surface area (Å²) >= 11 is 1.67. The molecule has 4 nitrogen and oxygen atoms in total. The van der Waals surface area contributed by atoms with Crippen LogP contribution in [0, 0.1) is 6.92 Å². The van der Waals surface area contributed by atoms with Crippen molar-refractivity contribution in [1.29, 1.82) is 0 Å². The number of aryl methyl sites for hydroxylation is 2. The number of anilines is 1. The number of aromatic nitrogens is 2. The molecule has 3 rings (SSSR count). The van der Waals surface area contributed by atoms with Crippen molar-refractivity contribution in [3.05, 3.63) is 39.5 Å². The van der Waals surface area contributed by atoms with Gasteiger partial charge in [-0.05, 0) is 24.8 Å². The van der Waals surface area contributed by atoms with Crippen LogP contribution in [-0.4, -0.2) is 15.9 Å². The second-order valence-electron chi connectivity index (χ2n) is 4.94. The highest BCUT2D eigenvalue weighted by Crippen LogP contribution is 2.30. The van der Waals surface area contributed by atoms with Crippen LogP contribution in [0.3, 0.4) is 0 Å². The SMILES string of the molecule is CCc1nc(C)c2c(n1)N(Cc1cccs1)C(=O)CC2. The summed E-state index contributed by atoms with van der Waals surface area (Å²) in [4.78, 5) is 24.4. The molecule has 0 atom stereocenters. The smallest absolute Gasteiger partial charge is 0.228 e. The molecule has 3 heterocycles. The Morgan fingerprint density at radius 2 is 2.20 bits per heavy atom. The fourth-order valence-electron chi connectivity index (χ4n) is 2.52. The molecule has 0 saturated carbocycles. The van der Waals surface area contributed by atoms with E-state index in [1.54, 1.807) is 11.3 Å². The quantitative estimate of drug-likeness (QED) is 0.872. The first-order valence-electron chi connectivity index (χ1n) is 6.88. The van der Waals surface area contributed by atoms with Crippen molar-refractivity contribution in [3.63, 3.8) is 0 Å². The topological polar surface area (TPSA) is 46.1 Å². The fourth-order valence-corrected chi connectivity index (χ4v) is 3.21. The van der Waals surface area contributed by atoms with E-state index in [2.05, 4.69) is 16.0 Å². The van der Waals surface area contributed by atoms with Gasteiger partial charge in [-0.1, -0.05) is 13.0 Å². The van der Waals surface area contributed by atoms with Gasteiger partial charge in [0, 0.05) is 29.0 Å². The van der Waals surface area contributed by atoms with Crippen LogP contribution < -0.4 is 4.90 Å². The number of amides is 1. The lowest BCUT2D eigenvalue weighted by atomic mass is 10.0. The number of hydrogen-bond donors (Lipinski definition) is 0. The lowest BCUT2D eigenvalue weighted by Crippen LogP contribution is -2.36. The molecule has 104 valence electrons. The first-order valence-corrected chi connectivity index (χ1v) is 7.76. The highest BCUT2D eigenvalue weighted by Gasteiger charge is 2.28. The van der Waals surface area contributed by atoms with E-state index in [-0.39, 0.29) is 5.91 Å². The Bertz CT molecular complexity index is 637. The van der Waals surface area contributed by atoms with Crippen molar-refractivity contribution in [1.82, 2.24) is 9.97 Å². The maximum absolute atomic E-state index is 12.3. The highest BCUT2D eigenvalue weighted by atomic mass is 32.1. The monoisotopic (exact) mass is 287 g/mol. The van der Waals surface area contributed by atoms with E-state index in [9.17, 15) is 4.79 Å².